The van der Waals surface area contributed by atoms with Crippen LogP contribution in [0.4, 0.5) is 0 Å². The number of furan rings is 1. The fourth-order valence-electron chi connectivity index (χ4n) is 7.21. The fraction of sp³-hybridized carbons (Fsp3) is 0. The Kier molecular flexibility index (Phi) is 6.78. The minimum absolute atomic E-state index is 0.629. The van der Waals surface area contributed by atoms with Gasteiger partial charge in [0.05, 0.1) is 0 Å². The van der Waals surface area contributed by atoms with E-state index >= 15 is 0 Å². The van der Waals surface area contributed by atoms with Crippen molar-refractivity contribution >= 4 is 43.5 Å². The Balaban J connectivity index is 1.10. The van der Waals surface area contributed by atoms with Gasteiger partial charge in [-0.3, -0.25) is 0 Å². The van der Waals surface area contributed by atoms with Crippen molar-refractivity contribution in [2.24, 2.45) is 0 Å². The lowest BCUT2D eigenvalue weighted by atomic mass is 9.97. The molecular formula is C47H29N3O. The predicted octanol–water partition coefficient (Wildman–Crippen LogP) is 12.4. The Bertz CT molecular complexity index is 2830. The summed E-state index contributed by atoms with van der Waals surface area (Å²) >= 11 is 0. The number of para-hydroxylation sites is 1. The molecule has 0 saturated heterocycles. The van der Waals surface area contributed by atoms with E-state index in [1.807, 2.05) is 12.1 Å². The van der Waals surface area contributed by atoms with Crippen LogP contribution in [0.3, 0.4) is 0 Å². The van der Waals surface area contributed by atoms with Gasteiger partial charge in [-0.1, -0.05) is 146 Å². The van der Waals surface area contributed by atoms with Crippen LogP contribution in [0.2, 0.25) is 0 Å². The highest BCUT2D eigenvalue weighted by Crippen LogP contribution is 2.36. The lowest BCUT2D eigenvalue weighted by Crippen LogP contribution is -2.01. The number of hydrogen-bond donors (Lipinski definition) is 0. The number of fused-ring (bicyclic) bond motifs is 5. The van der Waals surface area contributed by atoms with Gasteiger partial charge >= 0.3 is 0 Å². The molecule has 4 heteroatoms. The van der Waals surface area contributed by atoms with Gasteiger partial charge in [-0.05, 0) is 74.1 Å². The second-order valence-electron chi connectivity index (χ2n) is 12.8. The standard InChI is InChI=1S/C47H29N3O/c1-3-19-37-30(11-1)13-9-22-41(37)46-48-45(49-47(50-46)42-23-10-14-31-12-2-4-20-38(31)42)36-18-8-17-34(28-36)32-15-7-16-33(27-32)35-25-26-40-39-21-5-6-24-43(39)51-44(40)29-35/h1-29H. The van der Waals surface area contributed by atoms with Crippen LogP contribution in [-0.4, -0.2) is 15.0 Å². The number of rotatable bonds is 5. The van der Waals surface area contributed by atoms with Crippen LogP contribution in [0.25, 0.3) is 99.9 Å². The molecule has 0 bridgehead atoms. The third kappa shape index (κ3) is 5.13. The van der Waals surface area contributed by atoms with Crippen LogP contribution >= 0.6 is 0 Å². The molecule has 0 atom stereocenters. The summed E-state index contributed by atoms with van der Waals surface area (Å²) in [5, 5.41) is 6.76. The molecule has 10 aromatic rings. The maximum Gasteiger partial charge on any atom is 0.164 e. The minimum Gasteiger partial charge on any atom is -0.456 e. The van der Waals surface area contributed by atoms with Gasteiger partial charge in [0.2, 0.25) is 0 Å². The Morgan fingerprint density at radius 2 is 0.745 bits per heavy atom. The first-order chi connectivity index (χ1) is 25.2. The molecule has 238 valence electrons. The van der Waals surface area contributed by atoms with Gasteiger partial charge in [0.1, 0.15) is 11.2 Å². The van der Waals surface area contributed by atoms with E-state index in [9.17, 15) is 0 Å². The Morgan fingerprint density at radius 3 is 1.39 bits per heavy atom. The molecule has 0 radical (unpaired) electrons. The monoisotopic (exact) mass is 651 g/mol. The van der Waals surface area contributed by atoms with Crippen LogP contribution in [0.15, 0.2) is 180 Å². The molecule has 2 aromatic heterocycles. The maximum absolute atomic E-state index is 6.21. The summed E-state index contributed by atoms with van der Waals surface area (Å²) in [5.41, 5.74) is 9.09. The number of aromatic nitrogens is 3. The first kappa shape index (κ1) is 29.0. The quantitative estimate of drug-likeness (QED) is 0.186. The highest BCUT2D eigenvalue weighted by molar-refractivity contribution is 6.06. The van der Waals surface area contributed by atoms with Crippen LogP contribution in [0.1, 0.15) is 0 Å². The van der Waals surface area contributed by atoms with Crippen LogP contribution in [0.5, 0.6) is 0 Å². The average Bonchev–Trinajstić information content (AvgIpc) is 3.58. The minimum atomic E-state index is 0.629. The van der Waals surface area contributed by atoms with E-state index in [1.165, 1.54) is 0 Å². The van der Waals surface area contributed by atoms with E-state index < -0.39 is 0 Å². The summed E-state index contributed by atoms with van der Waals surface area (Å²) in [7, 11) is 0. The van der Waals surface area contributed by atoms with Gasteiger partial charge in [-0.2, -0.15) is 0 Å². The summed E-state index contributed by atoms with van der Waals surface area (Å²) in [6, 6.07) is 61.1. The SMILES string of the molecule is c1cc(-c2cccc(-c3nc(-c4cccc5ccccc45)nc(-c4cccc5ccccc45)n3)c2)cc(-c2ccc3c(c2)oc2ccccc23)c1. The lowest BCUT2D eigenvalue weighted by Gasteiger charge is -2.12. The zero-order chi connectivity index (χ0) is 33.7. The maximum atomic E-state index is 6.21. The molecule has 10 rings (SSSR count). The Labute approximate surface area is 294 Å². The predicted molar refractivity (Wildman–Crippen MR) is 209 cm³/mol. The molecule has 51 heavy (non-hydrogen) atoms. The molecule has 0 N–H and O–H groups in total. The van der Waals surface area contributed by atoms with Crippen molar-refractivity contribution in [3.63, 3.8) is 0 Å². The summed E-state index contributed by atoms with van der Waals surface area (Å²) < 4.78 is 6.21. The van der Waals surface area contributed by atoms with E-state index in [2.05, 4.69) is 164 Å². The van der Waals surface area contributed by atoms with E-state index in [4.69, 9.17) is 19.4 Å². The van der Waals surface area contributed by atoms with E-state index in [0.29, 0.717) is 17.5 Å². The van der Waals surface area contributed by atoms with Crippen molar-refractivity contribution in [3.05, 3.63) is 176 Å². The number of nitrogens with zero attached hydrogens (tertiary/aromatic N) is 3. The molecule has 0 saturated carbocycles. The number of hydrogen-bond acceptors (Lipinski definition) is 4. The van der Waals surface area contributed by atoms with Crippen molar-refractivity contribution in [2.45, 2.75) is 0 Å². The summed E-state index contributed by atoms with van der Waals surface area (Å²) in [6.07, 6.45) is 0. The molecule has 0 aliphatic carbocycles. The molecule has 4 nitrogen and oxygen atoms in total. The van der Waals surface area contributed by atoms with Crippen molar-refractivity contribution in [1.29, 1.82) is 0 Å². The van der Waals surface area contributed by atoms with Crippen molar-refractivity contribution in [2.75, 3.05) is 0 Å². The van der Waals surface area contributed by atoms with E-state index in [0.717, 1.165) is 82.4 Å². The Morgan fingerprint density at radius 1 is 0.294 bits per heavy atom. The number of benzene rings is 8. The third-order valence-electron chi connectivity index (χ3n) is 9.73. The summed E-state index contributed by atoms with van der Waals surface area (Å²) in [4.78, 5) is 15.4. The largest absolute Gasteiger partial charge is 0.456 e. The Hall–Kier alpha value is -6.91. The van der Waals surface area contributed by atoms with Gasteiger partial charge < -0.3 is 4.42 Å². The van der Waals surface area contributed by atoms with Crippen LogP contribution in [-0.2, 0) is 0 Å². The summed E-state index contributed by atoms with van der Waals surface area (Å²) in [6.45, 7) is 0. The first-order valence-electron chi connectivity index (χ1n) is 17.1. The highest BCUT2D eigenvalue weighted by atomic mass is 16.3. The molecule has 0 aliphatic rings. The summed E-state index contributed by atoms with van der Waals surface area (Å²) in [5.74, 6) is 1.92. The van der Waals surface area contributed by atoms with Gasteiger partial charge in [0.25, 0.3) is 0 Å². The van der Waals surface area contributed by atoms with Gasteiger partial charge in [0.15, 0.2) is 17.5 Å². The van der Waals surface area contributed by atoms with E-state index in [1.54, 1.807) is 0 Å². The normalized spacial score (nSPS) is 11.5. The van der Waals surface area contributed by atoms with Crippen molar-refractivity contribution in [3.8, 4) is 56.4 Å². The van der Waals surface area contributed by atoms with E-state index in [-0.39, 0.29) is 0 Å². The second kappa shape index (κ2) is 11.9. The molecular weight excluding hydrogens is 623 g/mol. The second-order valence-corrected chi connectivity index (χ2v) is 12.8. The zero-order valence-electron chi connectivity index (χ0n) is 27.5. The highest BCUT2D eigenvalue weighted by Gasteiger charge is 2.16. The molecule has 0 fully saturated rings. The molecule has 0 amide bonds. The fourth-order valence-corrected chi connectivity index (χ4v) is 7.21. The molecule has 8 aromatic carbocycles. The van der Waals surface area contributed by atoms with Gasteiger partial charge in [0, 0.05) is 27.5 Å². The van der Waals surface area contributed by atoms with Crippen molar-refractivity contribution < 1.29 is 4.42 Å². The van der Waals surface area contributed by atoms with Gasteiger partial charge in [-0.15, -0.1) is 0 Å². The first-order valence-corrected chi connectivity index (χ1v) is 17.1. The van der Waals surface area contributed by atoms with Gasteiger partial charge in [-0.25, -0.2) is 15.0 Å². The van der Waals surface area contributed by atoms with Crippen molar-refractivity contribution in [1.82, 2.24) is 15.0 Å². The molecule has 0 unspecified atom stereocenters. The third-order valence-corrected chi connectivity index (χ3v) is 9.73. The average molecular weight is 652 g/mol. The molecule has 0 spiro atoms. The molecule has 0 aliphatic heterocycles. The lowest BCUT2D eigenvalue weighted by molar-refractivity contribution is 0.669. The topological polar surface area (TPSA) is 51.8 Å². The molecule has 2 heterocycles. The van der Waals surface area contributed by atoms with Crippen LogP contribution < -0.4 is 0 Å². The smallest absolute Gasteiger partial charge is 0.164 e. The van der Waals surface area contributed by atoms with Crippen LogP contribution in [0, 0.1) is 0 Å². The zero-order valence-corrected chi connectivity index (χ0v) is 27.5.